The molecule has 0 aliphatic heterocycles. The number of benzene rings is 2. The summed E-state index contributed by atoms with van der Waals surface area (Å²) in [7, 11) is 0. The van der Waals surface area contributed by atoms with Crippen molar-refractivity contribution in [3.8, 4) is 0 Å². The highest BCUT2D eigenvalue weighted by molar-refractivity contribution is 9.10. The van der Waals surface area contributed by atoms with Crippen LogP contribution >= 0.6 is 27.5 Å². The lowest BCUT2D eigenvalue weighted by Crippen LogP contribution is -2.13. The van der Waals surface area contributed by atoms with Crippen LogP contribution in [0, 0.1) is 6.92 Å². The topological polar surface area (TPSA) is 29.1 Å². The van der Waals surface area contributed by atoms with Crippen molar-refractivity contribution in [2.24, 2.45) is 0 Å². The van der Waals surface area contributed by atoms with Crippen LogP contribution in [-0.2, 0) is 0 Å². The Balaban J connectivity index is 2.22. The molecule has 0 bridgehead atoms. The molecule has 2 aromatic carbocycles. The summed E-state index contributed by atoms with van der Waals surface area (Å²) in [4.78, 5) is 12.1. The second-order valence-electron chi connectivity index (χ2n) is 3.92. The van der Waals surface area contributed by atoms with Gasteiger partial charge in [-0.3, -0.25) is 4.79 Å². The molecule has 2 nitrogen and oxygen atoms in total. The van der Waals surface area contributed by atoms with Crippen LogP contribution in [0.1, 0.15) is 15.9 Å². The minimum atomic E-state index is -0.137. The molecule has 0 unspecified atom stereocenters. The van der Waals surface area contributed by atoms with Gasteiger partial charge >= 0.3 is 0 Å². The van der Waals surface area contributed by atoms with E-state index in [0.717, 1.165) is 15.7 Å². The summed E-state index contributed by atoms with van der Waals surface area (Å²) in [5.41, 5.74) is 2.23. The molecule has 1 amide bonds. The van der Waals surface area contributed by atoms with E-state index in [1.807, 2.05) is 31.2 Å². The Bertz CT molecular complexity index is 598. The largest absolute Gasteiger partial charge is 0.322 e. The summed E-state index contributed by atoms with van der Waals surface area (Å²) in [5, 5.41) is 3.48. The fourth-order valence-corrected chi connectivity index (χ4v) is 2.27. The normalized spacial score (nSPS) is 10.2. The van der Waals surface area contributed by atoms with E-state index in [2.05, 4.69) is 21.2 Å². The van der Waals surface area contributed by atoms with E-state index < -0.39 is 0 Å². The molecule has 2 rings (SSSR count). The number of rotatable bonds is 2. The number of nitrogens with one attached hydrogen (secondary N) is 1. The fraction of sp³-hybridized carbons (Fsp3) is 0.0714. The van der Waals surface area contributed by atoms with Gasteiger partial charge in [-0.2, -0.15) is 0 Å². The monoisotopic (exact) mass is 323 g/mol. The molecule has 0 saturated carbocycles. The van der Waals surface area contributed by atoms with Crippen LogP contribution in [0.2, 0.25) is 5.02 Å². The highest BCUT2D eigenvalue weighted by Gasteiger charge is 2.09. The zero-order valence-corrected chi connectivity index (χ0v) is 12.0. The lowest BCUT2D eigenvalue weighted by atomic mass is 10.1. The summed E-state index contributed by atoms with van der Waals surface area (Å²) >= 11 is 9.23. The van der Waals surface area contributed by atoms with E-state index in [9.17, 15) is 4.79 Å². The van der Waals surface area contributed by atoms with Crippen LogP contribution in [-0.4, -0.2) is 5.91 Å². The van der Waals surface area contributed by atoms with Gasteiger partial charge in [-0.1, -0.05) is 33.6 Å². The zero-order valence-electron chi connectivity index (χ0n) is 9.71. The third kappa shape index (κ3) is 3.12. The number of carbonyl (C=O) groups excluding carboxylic acids is 1. The number of hydrogen-bond donors (Lipinski definition) is 1. The van der Waals surface area contributed by atoms with Gasteiger partial charge in [-0.05, 0) is 48.9 Å². The molecule has 0 aliphatic rings. The molecular formula is C14H11BrClNO. The van der Waals surface area contributed by atoms with Crippen molar-refractivity contribution in [2.75, 3.05) is 5.32 Å². The molecule has 0 heterocycles. The molecule has 0 spiro atoms. The Morgan fingerprint density at radius 1 is 1.22 bits per heavy atom. The highest BCUT2D eigenvalue weighted by Crippen LogP contribution is 2.19. The second kappa shape index (κ2) is 5.55. The average molecular weight is 325 g/mol. The van der Waals surface area contributed by atoms with E-state index in [0.29, 0.717) is 10.6 Å². The van der Waals surface area contributed by atoms with Crippen LogP contribution in [0.3, 0.4) is 0 Å². The first-order chi connectivity index (χ1) is 8.56. The molecule has 2 aromatic rings. The molecule has 0 radical (unpaired) electrons. The summed E-state index contributed by atoms with van der Waals surface area (Å²) in [6.45, 7) is 1.86. The molecule has 0 fully saturated rings. The molecule has 92 valence electrons. The van der Waals surface area contributed by atoms with E-state index in [-0.39, 0.29) is 5.91 Å². The fourth-order valence-electron chi connectivity index (χ4n) is 1.65. The predicted molar refractivity (Wildman–Crippen MR) is 78.3 cm³/mol. The van der Waals surface area contributed by atoms with Crippen LogP contribution < -0.4 is 5.32 Å². The third-order valence-electron chi connectivity index (χ3n) is 2.52. The third-order valence-corrected chi connectivity index (χ3v) is 3.24. The summed E-state index contributed by atoms with van der Waals surface area (Å²) < 4.78 is 0.924. The smallest absolute Gasteiger partial charge is 0.255 e. The Kier molecular flexibility index (Phi) is 4.04. The van der Waals surface area contributed by atoms with Gasteiger partial charge in [0, 0.05) is 20.7 Å². The van der Waals surface area contributed by atoms with Gasteiger partial charge in [0.1, 0.15) is 0 Å². The number of carbonyl (C=O) groups is 1. The van der Waals surface area contributed by atoms with Gasteiger partial charge < -0.3 is 5.32 Å². The average Bonchev–Trinajstić information content (AvgIpc) is 2.28. The van der Waals surface area contributed by atoms with Crippen molar-refractivity contribution in [1.29, 1.82) is 0 Å². The number of hydrogen-bond acceptors (Lipinski definition) is 1. The maximum absolute atomic E-state index is 12.1. The Morgan fingerprint density at radius 3 is 2.67 bits per heavy atom. The molecule has 0 saturated heterocycles. The van der Waals surface area contributed by atoms with Crippen molar-refractivity contribution in [3.05, 3.63) is 63.1 Å². The van der Waals surface area contributed by atoms with Crippen LogP contribution in [0.4, 0.5) is 5.69 Å². The number of amides is 1. The van der Waals surface area contributed by atoms with E-state index >= 15 is 0 Å². The molecule has 0 atom stereocenters. The van der Waals surface area contributed by atoms with E-state index in [1.165, 1.54) is 0 Å². The number of halogens is 2. The number of anilines is 1. The van der Waals surface area contributed by atoms with Gasteiger partial charge in [0.15, 0.2) is 0 Å². The SMILES string of the molecule is Cc1cc(Cl)ccc1C(=O)Nc1cccc(Br)c1. The molecule has 0 aromatic heterocycles. The van der Waals surface area contributed by atoms with Gasteiger partial charge in [0.05, 0.1) is 0 Å². The summed E-state index contributed by atoms with van der Waals surface area (Å²) in [5.74, 6) is -0.137. The molecule has 0 aliphatic carbocycles. The van der Waals surface area contributed by atoms with Gasteiger partial charge in [0.25, 0.3) is 5.91 Å². The molecule has 1 N–H and O–H groups in total. The van der Waals surface area contributed by atoms with Crippen LogP contribution in [0.5, 0.6) is 0 Å². The van der Waals surface area contributed by atoms with Gasteiger partial charge in [-0.15, -0.1) is 0 Å². The maximum Gasteiger partial charge on any atom is 0.255 e. The van der Waals surface area contributed by atoms with Crippen molar-refractivity contribution in [1.82, 2.24) is 0 Å². The van der Waals surface area contributed by atoms with Crippen molar-refractivity contribution >= 4 is 39.1 Å². The van der Waals surface area contributed by atoms with E-state index in [1.54, 1.807) is 18.2 Å². The summed E-state index contributed by atoms with van der Waals surface area (Å²) in [6, 6.07) is 12.7. The molecular weight excluding hydrogens is 314 g/mol. The van der Waals surface area contributed by atoms with Crippen molar-refractivity contribution in [3.63, 3.8) is 0 Å². The minimum absolute atomic E-state index is 0.137. The van der Waals surface area contributed by atoms with Crippen LogP contribution in [0.25, 0.3) is 0 Å². The number of aryl methyl sites for hydroxylation is 1. The van der Waals surface area contributed by atoms with Crippen molar-refractivity contribution in [2.45, 2.75) is 6.92 Å². The lowest BCUT2D eigenvalue weighted by Gasteiger charge is -2.08. The Morgan fingerprint density at radius 2 is 2.00 bits per heavy atom. The van der Waals surface area contributed by atoms with Crippen LogP contribution in [0.15, 0.2) is 46.9 Å². The predicted octanol–water partition coefficient (Wildman–Crippen LogP) is 4.66. The van der Waals surface area contributed by atoms with Gasteiger partial charge in [0.2, 0.25) is 0 Å². The standard InChI is InChI=1S/C14H11BrClNO/c1-9-7-11(16)5-6-13(9)14(18)17-12-4-2-3-10(15)8-12/h2-8H,1H3,(H,17,18). The first-order valence-electron chi connectivity index (χ1n) is 5.39. The highest BCUT2D eigenvalue weighted by atomic mass is 79.9. The first kappa shape index (κ1) is 13.1. The first-order valence-corrected chi connectivity index (χ1v) is 6.56. The van der Waals surface area contributed by atoms with Gasteiger partial charge in [-0.25, -0.2) is 0 Å². The molecule has 18 heavy (non-hydrogen) atoms. The quantitative estimate of drug-likeness (QED) is 0.855. The Hall–Kier alpha value is -1.32. The zero-order chi connectivity index (χ0) is 13.1. The minimum Gasteiger partial charge on any atom is -0.322 e. The van der Waals surface area contributed by atoms with Crippen molar-refractivity contribution < 1.29 is 4.79 Å². The molecule has 4 heteroatoms. The second-order valence-corrected chi connectivity index (χ2v) is 5.28. The lowest BCUT2D eigenvalue weighted by molar-refractivity contribution is 0.102. The Labute approximate surface area is 119 Å². The van der Waals surface area contributed by atoms with E-state index in [4.69, 9.17) is 11.6 Å². The summed E-state index contributed by atoms with van der Waals surface area (Å²) in [6.07, 6.45) is 0. The maximum atomic E-state index is 12.1.